The molecule has 3 rings (SSSR count). The lowest BCUT2D eigenvalue weighted by Crippen LogP contribution is -2.41. The van der Waals surface area contributed by atoms with Crippen LogP contribution in [-0.2, 0) is 21.2 Å². The molecule has 0 spiro atoms. The summed E-state index contributed by atoms with van der Waals surface area (Å²) in [5, 5.41) is 12.0. The number of rotatable bonds is 5. The Morgan fingerprint density at radius 2 is 1.79 bits per heavy atom. The fraction of sp³-hybridized carbons (Fsp3) is 0.300. The van der Waals surface area contributed by atoms with Gasteiger partial charge in [-0.05, 0) is 48.7 Å². The lowest BCUT2D eigenvalue weighted by Gasteiger charge is -2.30. The maximum absolute atomic E-state index is 12.9. The van der Waals surface area contributed by atoms with E-state index in [9.17, 15) is 13.2 Å². The van der Waals surface area contributed by atoms with E-state index in [1.807, 2.05) is 0 Å². The van der Waals surface area contributed by atoms with Crippen molar-refractivity contribution in [3.8, 4) is 6.07 Å². The predicted octanol–water partition coefficient (Wildman–Crippen LogP) is 4.10. The summed E-state index contributed by atoms with van der Waals surface area (Å²) in [5.41, 5.74) is 1.53. The SMILES string of the molecule is N#CCc1ccc(NC(=O)C2CCN(S(=O)(=O)c3cc(Cl)ccc3Cl)CC2)cc1. The lowest BCUT2D eigenvalue weighted by molar-refractivity contribution is -0.120. The third-order valence-corrected chi connectivity index (χ3v) is 7.46. The molecule has 1 saturated heterocycles. The highest BCUT2D eigenvalue weighted by Crippen LogP contribution is 2.30. The van der Waals surface area contributed by atoms with Gasteiger partial charge < -0.3 is 5.32 Å². The highest BCUT2D eigenvalue weighted by molar-refractivity contribution is 7.89. The number of hydrogen-bond donors (Lipinski definition) is 1. The number of nitrogens with one attached hydrogen (secondary N) is 1. The van der Waals surface area contributed by atoms with Crippen molar-refractivity contribution in [2.24, 2.45) is 5.92 Å². The molecule has 0 aliphatic carbocycles. The molecule has 1 amide bonds. The molecule has 0 saturated carbocycles. The van der Waals surface area contributed by atoms with Crippen molar-refractivity contribution in [2.45, 2.75) is 24.2 Å². The summed E-state index contributed by atoms with van der Waals surface area (Å²) in [6.07, 6.45) is 1.14. The van der Waals surface area contributed by atoms with Crippen molar-refractivity contribution >= 4 is 44.8 Å². The number of nitriles is 1. The van der Waals surface area contributed by atoms with Crippen molar-refractivity contribution < 1.29 is 13.2 Å². The number of sulfonamides is 1. The molecule has 0 aromatic heterocycles. The van der Waals surface area contributed by atoms with Crippen molar-refractivity contribution in [3.63, 3.8) is 0 Å². The minimum atomic E-state index is -3.77. The summed E-state index contributed by atoms with van der Waals surface area (Å²) in [6, 6.07) is 13.5. The van der Waals surface area contributed by atoms with E-state index < -0.39 is 10.0 Å². The largest absolute Gasteiger partial charge is 0.326 e. The van der Waals surface area contributed by atoms with E-state index in [0.29, 0.717) is 30.0 Å². The number of anilines is 1. The smallest absolute Gasteiger partial charge is 0.244 e. The Balaban J connectivity index is 1.61. The molecule has 1 heterocycles. The van der Waals surface area contributed by atoms with Gasteiger partial charge in [-0.15, -0.1) is 0 Å². The first kappa shape index (κ1) is 21.6. The third kappa shape index (κ3) is 5.09. The highest BCUT2D eigenvalue weighted by atomic mass is 35.5. The molecule has 1 fully saturated rings. The first-order chi connectivity index (χ1) is 13.8. The summed E-state index contributed by atoms with van der Waals surface area (Å²) in [6.45, 7) is 0.453. The van der Waals surface area contributed by atoms with Crippen LogP contribution in [0.5, 0.6) is 0 Å². The second-order valence-electron chi connectivity index (χ2n) is 6.77. The van der Waals surface area contributed by atoms with Crippen LogP contribution in [0.15, 0.2) is 47.4 Å². The van der Waals surface area contributed by atoms with Crippen molar-refractivity contribution in [1.29, 1.82) is 5.26 Å². The summed E-state index contributed by atoms with van der Waals surface area (Å²) in [4.78, 5) is 12.5. The monoisotopic (exact) mass is 451 g/mol. The minimum Gasteiger partial charge on any atom is -0.326 e. The first-order valence-electron chi connectivity index (χ1n) is 9.03. The van der Waals surface area contributed by atoms with Crippen LogP contribution >= 0.6 is 23.2 Å². The predicted molar refractivity (Wildman–Crippen MR) is 112 cm³/mol. The second kappa shape index (κ2) is 9.14. The van der Waals surface area contributed by atoms with E-state index >= 15 is 0 Å². The Hall–Kier alpha value is -2.11. The van der Waals surface area contributed by atoms with Gasteiger partial charge in [0.15, 0.2) is 0 Å². The number of amides is 1. The first-order valence-corrected chi connectivity index (χ1v) is 11.2. The average Bonchev–Trinajstić information content (AvgIpc) is 2.71. The van der Waals surface area contributed by atoms with Crippen molar-refractivity contribution in [3.05, 3.63) is 58.1 Å². The van der Waals surface area contributed by atoms with E-state index in [1.54, 1.807) is 24.3 Å². The second-order valence-corrected chi connectivity index (χ2v) is 9.52. The topological polar surface area (TPSA) is 90.3 Å². The molecule has 6 nitrogen and oxygen atoms in total. The lowest BCUT2D eigenvalue weighted by atomic mass is 9.97. The average molecular weight is 452 g/mol. The third-order valence-electron chi connectivity index (χ3n) is 4.84. The number of nitrogens with zero attached hydrogens (tertiary/aromatic N) is 2. The highest BCUT2D eigenvalue weighted by Gasteiger charge is 2.33. The minimum absolute atomic E-state index is 0.0213. The number of halogens is 2. The van der Waals surface area contributed by atoms with Crippen LogP contribution in [0, 0.1) is 17.2 Å². The molecule has 0 bridgehead atoms. The molecule has 1 aliphatic rings. The number of carbonyl (C=O) groups excluding carboxylic acids is 1. The quantitative estimate of drug-likeness (QED) is 0.740. The van der Waals surface area contributed by atoms with E-state index in [0.717, 1.165) is 5.56 Å². The van der Waals surface area contributed by atoms with Gasteiger partial charge in [0.2, 0.25) is 15.9 Å². The van der Waals surface area contributed by atoms with Gasteiger partial charge in [0.1, 0.15) is 4.90 Å². The van der Waals surface area contributed by atoms with Gasteiger partial charge in [-0.2, -0.15) is 9.57 Å². The zero-order valence-electron chi connectivity index (χ0n) is 15.4. The van der Waals surface area contributed by atoms with E-state index in [2.05, 4.69) is 11.4 Å². The Morgan fingerprint density at radius 3 is 2.41 bits per heavy atom. The number of hydrogen-bond acceptors (Lipinski definition) is 4. The van der Waals surface area contributed by atoms with Crippen LogP contribution in [0.3, 0.4) is 0 Å². The van der Waals surface area contributed by atoms with E-state index in [1.165, 1.54) is 22.5 Å². The van der Waals surface area contributed by atoms with Crippen LogP contribution in [0.25, 0.3) is 0 Å². The fourth-order valence-electron chi connectivity index (χ4n) is 3.21. The summed E-state index contributed by atoms with van der Waals surface area (Å²) < 4.78 is 27.1. The van der Waals surface area contributed by atoms with Gasteiger partial charge in [-0.1, -0.05) is 35.3 Å². The molecule has 0 unspecified atom stereocenters. The molecular formula is C20H19Cl2N3O3S. The maximum atomic E-state index is 12.9. The van der Waals surface area contributed by atoms with Crippen LogP contribution in [0.4, 0.5) is 5.69 Å². The van der Waals surface area contributed by atoms with Crippen LogP contribution in [0.2, 0.25) is 10.0 Å². The summed E-state index contributed by atoms with van der Waals surface area (Å²) in [5.74, 6) is -0.425. The number of piperidine rings is 1. The van der Waals surface area contributed by atoms with Gasteiger partial charge >= 0.3 is 0 Å². The molecule has 29 heavy (non-hydrogen) atoms. The molecule has 0 atom stereocenters. The molecule has 1 aliphatic heterocycles. The van der Waals surface area contributed by atoms with Gasteiger partial charge in [0.05, 0.1) is 17.5 Å². The van der Waals surface area contributed by atoms with E-state index in [-0.39, 0.29) is 34.8 Å². The Bertz CT molecular complexity index is 1040. The fourth-order valence-corrected chi connectivity index (χ4v) is 5.42. The number of benzene rings is 2. The summed E-state index contributed by atoms with van der Waals surface area (Å²) >= 11 is 12.0. The molecule has 0 radical (unpaired) electrons. The van der Waals surface area contributed by atoms with Gasteiger partial charge in [0, 0.05) is 29.7 Å². The molecule has 1 N–H and O–H groups in total. The van der Waals surface area contributed by atoms with Gasteiger partial charge in [-0.3, -0.25) is 4.79 Å². The molecular weight excluding hydrogens is 433 g/mol. The van der Waals surface area contributed by atoms with Gasteiger partial charge in [-0.25, -0.2) is 8.42 Å². The van der Waals surface area contributed by atoms with Crippen LogP contribution in [-0.4, -0.2) is 31.7 Å². The zero-order chi connectivity index (χ0) is 21.0. The van der Waals surface area contributed by atoms with Crippen LogP contribution < -0.4 is 5.32 Å². The normalized spacial score (nSPS) is 15.6. The Kier molecular flexibility index (Phi) is 6.81. The Morgan fingerprint density at radius 1 is 1.14 bits per heavy atom. The van der Waals surface area contributed by atoms with Crippen LogP contribution in [0.1, 0.15) is 18.4 Å². The zero-order valence-corrected chi connectivity index (χ0v) is 17.8. The molecule has 9 heteroatoms. The Labute approximate surface area is 180 Å². The van der Waals surface area contributed by atoms with Crippen molar-refractivity contribution in [2.75, 3.05) is 18.4 Å². The van der Waals surface area contributed by atoms with E-state index in [4.69, 9.17) is 28.5 Å². The molecule has 2 aromatic carbocycles. The maximum Gasteiger partial charge on any atom is 0.244 e. The van der Waals surface area contributed by atoms with Crippen molar-refractivity contribution in [1.82, 2.24) is 4.31 Å². The summed E-state index contributed by atoms with van der Waals surface area (Å²) in [7, 11) is -3.77. The number of carbonyl (C=O) groups is 1. The van der Waals surface area contributed by atoms with Gasteiger partial charge in [0.25, 0.3) is 0 Å². The standard InChI is InChI=1S/C20H19Cl2N3O3S/c21-16-3-6-18(22)19(13-16)29(27,28)25-11-8-15(9-12-25)20(26)24-17-4-1-14(2-5-17)7-10-23/h1-6,13,15H,7-9,11-12H2,(H,24,26). The molecule has 2 aromatic rings. The molecule has 152 valence electrons.